The molecule has 0 saturated carbocycles. The van der Waals surface area contributed by atoms with E-state index >= 15 is 0 Å². The van der Waals surface area contributed by atoms with Crippen LogP contribution in [0.3, 0.4) is 0 Å². The minimum absolute atomic E-state index is 0.00736. The molecule has 0 aliphatic carbocycles. The number of hydrogen-bond acceptors (Lipinski definition) is 5. The standard InChI is InChI=1S/C24H32N6O2/c1-17(2)30-22(31)20-7-5-4-6-19(20)21(23(32)29-10-8-27(3)9-11-29)24(30)14-28(15-24)13-18-12-25-16-26-18/h4-7,12,16-17,21H,8-11,13-15H2,1-3H3,(H,25,26). The Morgan fingerprint density at radius 2 is 1.91 bits per heavy atom. The van der Waals surface area contributed by atoms with Gasteiger partial charge in [-0.25, -0.2) is 4.98 Å². The van der Waals surface area contributed by atoms with E-state index in [-0.39, 0.29) is 23.8 Å². The van der Waals surface area contributed by atoms with Crippen LogP contribution < -0.4 is 0 Å². The van der Waals surface area contributed by atoms with Crippen molar-refractivity contribution in [3.05, 3.63) is 53.6 Å². The van der Waals surface area contributed by atoms with Gasteiger partial charge in [-0.3, -0.25) is 14.5 Å². The van der Waals surface area contributed by atoms with E-state index in [2.05, 4.69) is 40.7 Å². The molecule has 4 heterocycles. The zero-order valence-corrected chi connectivity index (χ0v) is 19.1. The number of hydrogen-bond donors (Lipinski definition) is 1. The van der Waals surface area contributed by atoms with Gasteiger partial charge in [-0.1, -0.05) is 18.2 Å². The lowest BCUT2D eigenvalue weighted by molar-refractivity contribution is -0.146. The number of likely N-dealkylation sites (N-methyl/N-ethyl adjacent to an activating group) is 1. The monoisotopic (exact) mass is 436 g/mol. The predicted molar refractivity (Wildman–Crippen MR) is 121 cm³/mol. The lowest BCUT2D eigenvalue weighted by atomic mass is 9.67. The van der Waals surface area contributed by atoms with Gasteiger partial charge < -0.3 is 19.7 Å². The molecule has 1 unspecified atom stereocenters. The van der Waals surface area contributed by atoms with Crippen LogP contribution in [-0.4, -0.2) is 99.3 Å². The van der Waals surface area contributed by atoms with Crippen LogP contribution in [0, 0.1) is 0 Å². The third-order valence-corrected chi connectivity index (χ3v) is 7.26. The molecule has 1 N–H and O–H groups in total. The van der Waals surface area contributed by atoms with Gasteiger partial charge in [-0.2, -0.15) is 0 Å². The summed E-state index contributed by atoms with van der Waals surface area (Å²) in [5.74, 6) is -0.149. The maximum atomic E-state index is 14.1. The Kier molecular flexibility index (Phi) is 5.29. The number of carbonyl (C=O) groups excluding carboxylic acids is 2. The van der Waals surface area contributed by atoms with Gasteiger partial charge in [0, 0.05) is 69.3 Å². The highest BCUT2D eigenvalue weighted by Gasteiger charge is 2.61. The summed E-state index contributed by atoms with van der Waals surface area (Å²) in [4.78, 5) is 43.5. The van der Waals surface area contributed by atoms with Crippen molar-refractivity contribution in [1.82, 2.24) is 29.6 Å². The molecule has 1 aromatic heterocycles. The summed E-state index contributed by atoms with van der Waals surface area (Å²) in [5.41, 5.74) is 2.08. The molecule has 1 spiro atoms. The van der Waals surface area contributed by atoms with E-state index in [1.807, 2.05) is 40.3 Å². The van der Waals surface area contributed by atoms with Crippen LogP contribution >= 0.6 is 0 Å². The van der Waals surface area contributed by atoms with Gasteiger partial charge in [0.2, 0.25) is 5.91 Å². The molecule has 3 aliphatic heterocycles. The second-order valence-corrected chi connectivity index (χ2v) is 9.74. The summed E-state index contributed by atoms with van der Waals surface area (Å²) < 4.78 is 0. The zero-order chi connectivity index (χ0) is 22.5. The second kappa shape index (κ2) is 8.01. The smallest absolute Gasteiger partial charge is 0.254 e. The first-order chi connectivity index (χ1) is 15.4. The van der Waals surface area contributed by atoms with E-state index in [9.17, 15) is 9.59 Å². The average molecular weight is 437 g/mol. The molecule has 2 saturated heterocycles. The van der Waals surface area contributed by atoms with Gasteiger partial charge in [0.15, 0.2) is 0 Å². The normalized spacial score (nSPS) is 23.5. The van der Waals surface area contributed by atoms with Crippen molar-refractivity contribution in [1.29, 1.82) is 0 Å². The van der Waals surface area contributed by atoms with Crippen molar-refractivity contribution < 1.29 is 9.59 Å². The number of amides is 2. The van der Waals surface area contributed by atoms with Crippen molar-refractivity contribution in [2.45, 2.75) is 37.9 Å². The van der Waals surface area contributed by atoms with Crippen LogP contribution in [0.25, 0.3) is 0 Å². The van der Waals surface area contributed by atoms with E-state index in [0.717, 1.165) is 44.0 Å². The first kappa shape index (κ1) is 21.2. The number of aromatic nitrogens is 2. The number of likely N-dealkylation sites (tertiary alicyclic amines) is 1. The molecule has 2 amide bonds. The maximum Gasteiger partial charge on any atom is 0.254 e. The largest absolute Gasteiger partial charge is 0.347 e. The van der Waals surface area contributed by atoms with Gasteiger partial charge in [0.05, 0.1) is 17.8 Å². The number of rotatable bonds is 4. The molecule has 8 nitrogen and oxygen atoms in total. The fourth-order valence-corrected chi connectivity index (χ4v) is 5.81. The Labute approximate surface area is 189 Å². The third-order valence-electron chi connectivity index (χ3n) is 7.26. The molecule has 170 valence electrons. The first-order valence-electron chi connectivity index (χ1n) is 11.5. The maximum absolute atomic E-state index is 14.1. The molecular weight excluding hydrogens is 404 g/mol. The van der Waals surface area contributed by atoms with E-state index in [4.69, 9.17) is 0 Å². The van der Waals surface area contributed by atoms with E-state index < -0.39 is 5.54 Å². The number of piperazine rings is 1. The zero-order valence-electron chi connectivity index (χ0n) is 19.1. The fourth-order valence-electron chi connectivity index (χ4n) is 5.81. The molecule has 32 heavy (non-hydrogen) atoms. The number of benzene rings is 1. The summed E-state index contributed by atoms with van der Waals surface area (Å²) in [6, 6.07) is 7.73. The van der Waals surface area contributed by atoms with Crippen molar-refractivity contribution in [2.75, 3.05) is 46.3 Å². The van der Waals surface area contributed by atoms with Crippen LogP contribution in [0.1, 0.15) is 41.4 Å². The number of imidazole rings is 1. The number of aromatic amines is 1. The highest BCUT2D eigenvalue weighted by molar-refractivity contribution is 6.02. The van der Waals surface area contributed by atoms with Crippen LogP contribution in [0.15, 0.2) is 36.8 Å². The summed E-state index contributed by atoms with van der Waals surface area (Å²) >= 11 is 0. The first-order valence-corrected chi connectivity index (χ1v) is 11.5. The van der Waals surface area contributed by atoms with Gasteiger partial charge in [-0.05, 0) is 32.5 Å². The van der Waals surface area contributed by atoms with Gasteiger partial charge in [0.1, 0.15) is 0 Å². The Morgan fingerprint density at radius 3 is 2.56 bits per heavy atom. The molecule has 8 heteroatoms. The Balaban J connectivity index is 1.53. The molecular formula is C24H32N6O2. The lowest BCUT2D eigenvalue weighted by Gasteiger charge is -2.62. The van der Waals surface area contributed by atoms with Gasteiger partial charge in [-0.15, -0.1) is 0 Å². The minimum atomic E-state index is -0.528. The topological polar surface area (TPSA) is 75.8 Å². The number of fused-ring (bicyclic) bond motifs is 1. The molecule has 3 aliphatic rings. The number of carbonyl (C=O) groups is 2. The molecule has 0 radical (unpaired) electrons. The summed E-state index contributed by atoms with van der Waals surface area (Å²) in [6.07, 6.45) is 3.52. The predicted octanol–water partition coefficient (Wildman–Crippen LogP) is 1.39. The van der Waals surface area contributed by atoms with E-state index in [1.54, 1.807) is 6.33 Å². The minimum Gasteiger partial charge on any atom is -0.347 e. The SMILES string of the molecule is CC(C)N1C(=O)c2ccccc2C(C(=O)N2CCN(C)CC2)C12CN(Cc1cnc[nH]1)C2. The fraction of sp³-hybridized carbons (Fsp3) is 0.542. The van der Waals surface area contributed by atoms with Crippen molar-refractivity contribution in [2.24, 2.45) is 0 Å². The molecule has 1 aromatic carbocycles. The van der Waals surface area contributed by atoms with E-state index in [0.29, 0.717) is 18.7 Å². The lowest BCUT2D eigenvalue weighted by Crippen LogP contribution is -2.77. The third kappa shape index (κ3) is 3.33. The van der Waals surface area contributed by atoms with Gasteiger partial charge >= 0.3 is 0 Å². The van der Waals surface area contributed by atoms with Crippen molar-refractivity contribution in [3.8, 4) is 0 Å². The molecule has 0 bridgehead atoms. The van der Waals surface area contributed by atoms with Crippen LogP contribution in [-0.2, 0) is 11.3 Å². The van der Waals surface area contributed by atoms with Gasteiger partial charge in [0.25, 0.3) is 5.91 Å². The van der Waals surface area contributed by atoms with Crippen LogP contribution in [0.2, 0.25) is 0 Å². The highest BCUT2D eigenvalue weighted by atomic mass is 16.2. The summed E-state index contributed by atoms with van der Waals surface area (Å²) in [6.45, 7) is 9.43. The summed E-state index contributed by atoms with van der Waals surface area (Å²) in [5, 5.41) is 0. The molecule has 2 fully saturated rings. The number of nitrogens with one attached hydrogen (secondary N) is 1. The van der Waals surface area contributed by atoms with E-state index in [1.165, 1.54) is 0 Å². The number of nitrogens with zero attached hydrogens (tertiary/aromatic N) is 5. The average Bonchev–Trinajstić information content (AvgIpc) is 3.26. The quantitative estimate of drug-likeness (QED) is 0.784. The Morgan fingerprint density at radius 1 is 1.19 bits per heavy atom. The molecule has 1 atom stereocenters. The Bertz CT molecular complexity index is 990. The molecule has 2 aromatic rings. The highest BCUT2D eigenvalue weighted by Crippen LogP contribution is 2.48. The van der Waals surface area contributed by atoms with Crippen molar-refractivity contribution in [3.63, 3.8) is 0 Å². The Hall–Kier alpha value is -2.71. The van der Waals surface area contributed by atoms with Crippen LogP contribution in [0.5, 0.6) is 0 Å². The molecule has 5 rings (SSSR count). The van der Waals surface area contributed by atoms with Crippen LogP contribution in [0.4, 0.5) is 0 Å². The number of H-pyrrole nitrogens is 1. The second-order valence-electron chi connectivity index (χ2n) is 9.74. The summed E-state index contributed by atoms with van der Waals surface area (Å²) in [7, 11) is 2.09. The van der Waals surface area contributed by atoms with Crippen molar-refractivity contribution >= 4 is 11.8 Å².